The van der Waals surface area contributed by atoms with E-state index in [4.69, 9.17) is 4.74 Å². The number of aryl methyl sites for hydroxylation is 1. The van der Waals surface area contributed by atoms with Crippen molar-refractivity contribution < 1.29 is 31.1 Å². The molecular weight excluding hydrogens is 499 g/mol. The molecule has 1 aromatic heterocycles. The molecule has 0 radical (unpaired) electrons. The molecule has 2 aliphatic rings. The van der Waals surface area contributed by atoms with Crippen LogP contribution in [0.3, 0.4) is 0 Å². The third-order valence-corrected chi connectivity index (χ3v) is 8.51. The van der Waals surface area contributed by atoms with E-state index < -0.39 is 49.6 Å². The number of rotatable bonds is 6. The summed E-state index contributed by atoms with van der Waals surface area (Å²) in [7, 11) is -4.47. The number of carbonyl (C=O) groups is 1. The molecule has 1 aromatic carbocycles. The summed E-state index contributed by atoms with van der Waals surface area (Å²) in [4.78, 5) is 13.3. The molecule has 2 aromatic rings. The number of nitrogens with zero attached hydrogens (tertiary/aromatic N) is 4. The van der Waals surface area contributed by atoms with Gasteiger partial charge in [-0.2, -0.15) is 23.5 Å². The maximum atomic E-state index is 13.6. The van der Waals surface area contributed by atoms with Crippen molar-refractivity contribution >= 4 is 21.7 Å². The highest BCUT2D eigenvalue weighted by Gasteiger charge is 2.48. The first-order chi connectivity index (χ1) is 16.8. The van der Waals surface area contributed by atoms with Gasteiger partial charge in [-0.1, -0.05) is 12.1 Å². The van der Waals surface area contributed by atoms with Crippen molar-refractivity contribution in [2.45, 2.75) is 74.2 Å². The molecule has 2 heterocycles. The van der Waals surface area contributed by atoms with Gasteiger partial charge in [-0.05, 0) is 45.7 Å². The lowest BCUT2D eigenvalue weighted by atomic mass is 10.2. The zero-order chi connectivity index (χ0) is 26.5. The van der Waals surface area contributed by atoms with Crippen molar-refractivity contribution in [3.8, 4) is 6.07 Å². The number of alkyl carbamates (subject to hydrolysis) is 1. The van der Waals surface area contributed by atoms with Crippen molar-refractivity contribution in [1.29, 1.82) is 5.26 Å². The number of nitrogens with one attached hydrogen (secondary N) is 1. The molecule has 1 N–H and O–H groups in total. The second kappa shape index (κ2) is 8.99. The van der Waals surface area contributed by atoms with Crippen molar-refractivity contribution in [3.63, 3.8) is 0 Å². The van der Waals surface area contributed by atoms with Crippen LogP contribution in [0.1, 0.15) is 50.4 Å². The number of halogens is 3. The van der Waals surface area contributed by atoms with Gasteiger partial charge in [-0.25, -0.2) is 17.9 Å². The number of alkyl halides is 3. The summed E-state index contributed by atoms with van der Waals surface area (Å²) in [5, 5.41) is 14.9. The zero-order valence-electron chi connectivity index (χ0n) is 19.9. The van der Waals surface area contributed by atoms with Gasteiger partial charge in [0.2, 0.25) is 0 Å². The molecule has 36 heavy (non-hydrogen) atoms. The average molecular weight is 526 g/mol. The van der Waals surface area contributed by atoms with E-state index in [1.54, 1.807) is 17.7 Å². The summed E-state index contributed by atoms with van der Waals surface area (Å²) < 4.78 is 75.0. The number of hydrogen-bond donors (Lipinski definition) is 1. The molecule has 1 aliphatic carbocycles. The summed E-state index contributed by atoms with van der Waals surface area (Å²) in [6.07, 6.45) is -6.18. The van der Waals surface area contributed by atoms with Gasteiger partial charge >= 0.3 is 12.3 Å². The fourth-order valence-electron chi connectivity index (χ4n) is 4.31. The Balaban J connectivity index is 1.69. The van der Waals surface area contributed by atoms with E-state index in [2.05, 4.69) is 10.4 Å². The third-order valence-electron chi connectivity index (χ3n) is 6.32. The molecule has 1 saturated carbocycles. The number of amides is 1. The molecular formula is C23H26F3N5O4S. The number of nitriles is 1. The van der Waals surface area contributed by atoms with Gasteiger partial charge in [0.1, 0.15) is 11.4 Å². The Morgan fingerprint density at radius 1 is 1.31 bits per heavy atom. The van der Waals surface area contributed by atoms with E-state index in [1.165, 1.54) is 11.0 Å². The molecule has 194 valence electrons. The van der Waals surface area contributed by atoms with Crippen LogP contribution in [-0.2, 0) is 20.8 Å². The summed E-state index contributed by atoms with van der Waals surface area (Å²) in [5.74, 6) is 0.475. The lowest BCUT2D eigenvalue weighted by Crippen LogP contribution is -2.42. The normalized spacial score (nSPS) is 21.3. The monoisotopic (exact) mass is 525 g/mol. The van der Waals surface area contributed by atoms with Crippen LogP contribution in [0.4, 0.5) is 23.8 Å². The van der Waals surface area contributed by atoms with Crippen molar-refractivity contribution in [2.75, 3.05) is 11.4 Å². The fraction of sp³-hybridized carbons (Fsp3) is 0.522. The van der Waals surface area contributed by atoms with E-state index in [0.29, 0.717) is 24.4 Å². The number of sulfone groups is 1. The van der Waals surface area contributed by atoms with Crippen molar-refractivity contribution in [1.82, 2.24) is 15.1 Å². The first-order valence-corrected chi connectivity index (χ1v) is 12.9. The first kappa shape index (κ1) is 25.8. The number of carbonyl (C=O) groups excluding carboxylic acids is 1. The topological polar surface area (TPSA) is 117 Å². The standard InChI is InChI=1S/C23H26F3N5O4S/c1-14(2)31-19(10-15(3)29-31)30-12-16(11-20(30)35-21(32)28-22(13-27)8-9-22)36(33,34)18-7-5-4-6-17(18)23(24,25)26/h4-7,10,14,16,20H,8-9,11-12H2,1-3H3,(H,28,32)/t16-,20+/m1/s1. The third kappa shape index (κ3) is 4.86. The molecule has 2 fully saturated rings. The largest absolute Gasteiger partial charge is 0.425 e. The summed E-state index contributed by atoms with van der Waals surface area (Å²) >= 11 is 0. The van der Waals surface area contributed by atoms with Crippen LogP contribution >= 0.6 is 0 Å². The molecule has 4 rings (SSSR count). The first-order valence-electron chi connectivity index (χ1n) is 11.4. The lowest BCUT2D eigenvalue weighted by Gasteiger charge is -2.27. The molecule has 9 nitrogen and oxygen atoms in total. The number of anilines is 1. The number of hydrogen-bond acceptors (Lipinski definition) is 7. The van der Waals surface area contributed by atoms with Crippen molar-refractivity contribution in [3.05, 3.63) is 41.6 Å². The number of benzene rings is 1. The molecule has 1 aliphatic heterocycles. The quantitative estimate of drug-likeness (QED) is 0.607. The van der Waals surface area contributed by atoms with Gasteiger partial charge in [-0.3, -0.25) is 0 Å². The van der Waals surface area contributed by atoms with Crippen LogP contribution in [0.2, 0.25) is 0 Å². The predicted molar refractivity (Wildman–Crippen MR) is 123 cm³/mol. The van der Waals surface area contributed by atoms with Gasteiger partial charge in [0.05, 0.1) is 27.5 Å². The summed E-state index contributed by atoms with van der Waals surface area (Å²) in [6.45, 7) is 5.27. The summed E-state index contributed by atoms with van der Waals surface area (Å²) in [6, 6.07) is 7.63. The van der Waals surface area contributed by atoms with Crippen LogP contribution < -0.4 is 10.2 Å². The van der Waals surface area contributed by atoms with Gasteiger partial charge in [0, 0.05) is 25.1 Å². The molecule has 2 atom stereocenters. The minimum atomic E-state index is -4.86. The molecule has 0 spiro atoms. The highest BCUT2D eigenvalue weighted by molar-refractivity contribution is 7.92. The maximum Gasteiger partial charge on any atom is 0.417 e. The van der Waals surface area contributed by atoms with Crippen LogP contribution in [0.5, 0.6) is 0 Å². The minimum absolute atomic E-state index is 0.127. The van der Waals surface area contributed by atoms with E-state index in [0.717, 1.165) is 18.2 Å². The highest BCUT2D eigenvalue weighted by Crippen LogP contribution is 2.39. The zero-order valence-corrected chi connectivity index (χ0v) is 20.7. The molecule has 0 unspecified atom stereocenters. The Kier molecular flexibility index (Phi) is 6.45. The van der Waals surface area contributed by atoms with Gasteiger partial charge in [-0.15, -0.1) is 0 Å². The average Bonchev–Trinajstić information content (AvgIpc) is 3.25. The summed E-state index contributed by atoms with van der Waals surface area (Å²) in [5.41, 5.74) is -1.61. The molecule has 1 saturated heterocycles. The molecule has 13 heteroatoms. The molecule has 1 amide bonds. The van der Waals surface area contributed by atoms with Crippen LogP contribution in [-0.4, -0.2) is 47.9 Å². The van der Waals surface area contributed by atoms with Crippen LogP contribution in [0.15, 0.2) is 35.2 Å². The second-order valence-corrected chi connectivity index (χ2v) is 11.6. The Morgan fingerprint density at radius 2 is 1.97 bits per heavy atom. The van der Waals surface area contributed by atoms with E-state index in [-0.39, 0.29) is 19.0 Å². The fourth-order valence-corrected chi connectivity index (χ4v) is 6.20. The Hall–Kier alpha value is -3.27. The second-order valence-electron chi connectivity index (χ2n) is 9.41. The van der Waals surface area contributed by atoms with Gasteiger partial charge in [0.25, 0.3) is 0 Å². The van der Waals surface area contributed by atoms with E-state index in [9.17, 15) is 31.6 Å². The smallest absolute Gasteiger partial charge is 0.417 e. The predicted octanol–water partition coefficient (Wildman–Crippen LogP) is 3.95. The Labute approximate surface area is 206 Å². The van der Waals surface area contributed by atoms with Crippen LogP contribution in [0, 0.1) is 18.3 Å². The highest BCUT2D eigenvalue weighted by atomic mass is 32.2. The lowest BCUT2D eigenvalue weighted by molar-refractivity contribution is -0.139. The van der Waals surface area contributed by atoms with Crippen molar-refractivity contribution in [2.24, 2.45) is 0 Å². The maximum absolute atomic E-state index is 13.6. The van der Waals surface area contributed by atoms with Gasteiger partial charge in [0.15, 0.2) is 16.1 Å². The SMILES string of the molecule is Cc1cc(N2C[C@H](S(=O)(=O)c3ccccc3C(F)(F)F)C[C@@H]2OC(=O)NC2(C#N)CC2)n(C(C)C)n1. The van der Waals surface area contributed by atoms with Crippen LogP contribution in [0.25, 0.3) is 0 Å². The number of aromatic nitrogens is 2. The van der Waals surface area contributed by atoms with E-state index >= 15 is 0 Å². The minimum Gasteiger partial charge on any atom is -0.425 e. The Morgan fingerprint density at radius 3 is 2.56 bits per heavy atom. The number of ether oxygens (including phenoxy) is 1. The Bertz CT molecular complexity index is 1310. The van der Waals surface area contributed by atoms with Gasteiger partial charge < -0.3 is 15.0 Å². The molecule has 0 bridgehead atoms. The van der Waals surface area contributed by atoms with E-state index in [1.807, 2.05) is 19.9 Å².